The van der Waals surface area contributed by atoms with Crippen molar-refractivity contribution in [2.24, 2.45) is 0 Å². The maximum atomic E-state index is 6.25. The second kappa shape index (κ2) is 475. The normalized spacial score (nSPS) is 0.667. The Kier molecular flexibility index (Phi) is 2520. The van der Waals surface area contributed by atoms with Gasteiger partial charge in [0.15, 0.2) is 0 Å². The average molecular weight is 409 g/mol. The zero-order chi connectivity index (χ0) is 12.0. The van der Waals surface area contributed by atoms with Gasteiger partial charge >= 0.3 is 223 Å². The molecule has 0 aliphatic carbocycles. The van der Waals surface area contributed by atoms with E-state index in [0.29, 0.717) is 0 Å². The van der Waals surface area contributed by atoms with Crippen molar-refractivity contribution in [3.63, 3.8) is 0 Å². The van der Waals surface area contributed by atoms with Crippen molar-refractivity contribution >= 4 is 12.4 Å². The molecule has 0 N–H and O–H groups in total. The molecule has 0 saturated heterocycles. The molecule has 18 heavy (non-hydrogen) atoms. The van der Waals surface area contributed by atoms with Gasteiger partial charge in [-0.3, -0.25) is 0 Å². The van der Waals surface area contributed by atoms with Gasteiger partial charge in [-0.1, -0.05) is 0 Å². The van der Waals surface area contributed by atoms with Crippen LogP contribution in [0.1, 0.15) is 5.71 Å². The van der Waals surface area contributed by atoms with Crippen LogP contribution in [0.4, 0.5) is 0 Å². The fraction of sp³-hybridized carbons (Fsp3) is 0. The first-order chi connectivity index (χ1) is 6.00. The van der Waals surface area contributed by atoms with Gasteiger partial charge in [-0.25, -0.2) is 0 Å². The molecule has 0 aromatic rings. The van der Waals surface area contributed by atoms with Crippen LogP contribution in [0.3, 0.4) is 0 Å². The van der Waals surface area contributed by atoms with Gasteiger partial charge in [0.1, 0.15) is 0 Å². The van der Waals surface area contributed by atoms with Gasteiger partial charge in [-0.05, 0) is 0 Å². The van der Waals surface area contributed by atoms with Crippen LogP contribution < -0.4 is 206 Å². The predicted molar refractivity (Wildman–Crippen MR) is 41.5 cm³/mol. The summed E-state index contributed by atoms with van der Waals surface area (Å²) in [6.45, 7) is 28.5. The first-order valence-electron chi connectivity index (χ1n) is 1.34. The summed E-state index contributed by atoms with van der Waals surface area (Å²) < 4.78 is 0. The Labute approximate surface area is 302 Å². The standard InChI is InChI=1S/6CN.ClH.Fe.4K.4H/c6*1-2;;;;;;;;;;/h;;;;;;1H;;;;;;;;;/q6*-1;;+6;4*+1;4*-1. The first-order valence-corrected chi connectivity index (χ1v) is 1.34. The maximum absolute atomic E-state index is 6.25. The second-order valence-electron chi connectivity index (χ2n) is 0. The minimum atomic E-state index is 0. The van der Waals surface area contributed by atoms with Crippen molar-refractivity contribution in [2.75, 3.05) is 0 Å². The summed E-state index contributed by atoms with van der Waals surface area (Å²) in [4.78, 5) is 0. The molecule has 0 aromatic carbocycles. The molecule has 0 heterocycles. The minimum Gasteiger partial charge on any atom is -1.00 e. The number of rotatable bonds is 0. The number of nitrogens with zero attached hydrogens (tertiary/aromatic N) is 6. The summed E-state index contributed by atoms with van der Waals surface area (Å²) in [6, 6.07) is 0. The van der Waals surface area contributed by atoms with Crippen LogP contribution in [-0.2, 0) is 17.1 Å². The summed E-state index contributed by atoms with van der Waals surface area (Å²) in [7, 11) is 0. The molecule has 0 aliphatic heterocycles. The Hall–Kier alpha value is 4.29. The van der Waals surface area contributed by atoms with E-state index in [1.165, 1.54) is 0 Å². The molecule has 0 saturated carbocycles. The maximum Gasteiger partial charge on any atom is 6.00 e. The van der Waals surface area contributed by atoms with Gasteiger partial charge in [0.25, 0.3) is 0 Å². The van der Waals surface area contributed by atoms with Crippen LogP contribution in [0, 0.1) is 71.0 Å². The van der Waals surface area contributed by atoms with Crippen LogP contribution >= 0.6 is 12.4 Å². The third kappa shape index (κ3) is 410. The quantitative estimate of drug-likeness (QED) is 0.287. The van der Waals surface area contributed by atoms with Gasteiger partial charge in [-0.15, -0.1) is 12.4 Å². The third-order valence-electron chi connectivity index (χ3n) is 0. The summed E-state index contributed by atoms with van der Waals surface area (Å²) >= 11 is 0. The van der Waals surface area contributed by atoms with E-state index in [1.54, 1.807) is 0 Å². The SMILES string of the molecule is Cl.[C-]#N.[C-]#N.[C-]#N.[C-]#N.[C-]#N.[C-]#N.[Fe+6].[H-].[H-].[H-].[H-].[K+].[K+].[K+].[K+]. The van der Waals surface area contributed by atoms with Gasteiger partial charge in [-0.2, -0.15) is 0 Å². The van der Waals surface area contributed by atoms with E-state index in [4.69, 9.17) is 71.0 Å². The molecule has 0 spiro atoms. The smallest absolute Gasteiger partial charge is 1.00 e. The van der Waals surface area contributed by atoms with Crippen LogP contribution in [0.25, 0.3) is 0 Å². The van der Waals surface area contributed by atoms with Crippen LogP contribution in [0.15, 0.2) is 0 Å². The van der Waals surface area contributed by atoms with Gasteiger partial charge in [0, 0.05) is 0 Å². The molecule has 0 radical (unpaired) electrons. The van der Waals surface area contributed by atoms with E-state index >= 15 is 0 Å². The number of hydrogen-bond acceptors (Lipinski definition) is 6. The average Bonchev–Trinajstić information content (AvgIpc) is 2.33. The summed E-state index contributed by atoms with van der Waals surface area (Å²) in [5, 5.41) is 37.5. The summed E-state index contributed by atoms with van der Waals surface area (Å²) in [5.41, 5.74) is 0. The van der Waals surface area contributed by atoms with E-state index in [9.17, 15) is 0 Å². The summed E-state index contributed by atoms with van der Waals surface area (Å²) in [5.74, 6) is 0. The van der Waals surface area contributed by atoms with E-state index in [2.05, 4.69) is 0 Å². The van der Waals surface area contributed by atoms with E-state index in [0.717, 1.165) is 0 Å². The van der Waals surface area contributed by atoms with Crippen molar-refractivity contribution in [2.45, 2.75) is 0 Å². The molecule has 12 heteroatoms. The van der Waals surface area contributed by atoms with Crippen LogP contribution in [0.2, 0.25) is 0 Å². The van der Waals surface area contributed by atoms with E-state index in [1.807, 2.05) is 0 Å². The largest absolute Gasteiger partial charge is 6.00 e. The molecule has 0 fully saturated rings. The fourth-order valence-electron chi connectivity index (χ4n) is 0. The predicted octanol–water partition coefficient (Wildman–Crippen LogP) is -10.5. The van der Waals surface area contributed by atoms with E-state index in [-0.39, 0.29) is 241 Å². The Bertz CT molecular complexity index is 126. The molecule has 0 aromatic heterocycles. The Morgan fingerprint density at radius 2 is 0.389 bits per heavy atom. The van der Waals surface area contributed by atoms with Gasteiger partial charge in [0.05, 0.1) is 0 Å². The van der Waals surface area contributed by atoms with Crippen LogP contribution in [-0.4, -0.2) is 0 Å². The zero-order valence-electron chi connectivity index (χ0n) is 14.4. The van der Waals surface area contributed by atoms with Crippen LogP contribution in [0.5, 0.6) is 0 Å². The molecule has 0 unspecified atom stereocenters. The minimum absolute atomic E-state index is 0. The fourth-order valence-corrected chi connectivity index (χ4v) is 0. The molecule has 6 nitrogen and oxygen atoms in total. The molecule has 0 aliphatic rings. The molecular formula is C6H5ClFeK4N6. The summed E-state index contributed by atoms with van der Waals surface area (Å²) in [6.07, 6.45) is 0. The van der Waals surface area contributed by atoms with E-state index < -0.39 is 0 Å². The molecule has 0 atom stereocenters. The monoisotopic (exact) mass is 408 g/mol. The Balaban J connectivity index is -0.00000000129. The van der Waals surface area contributed by atoms with Gasteiger partial charge < -0.3 is 76.7 Å². The van der Waals surface area contributed by atoms with Crippen molar-refractivity contribution in [1.82, 2.24) is 0 Å². The molecule has 78 valence electrons. The number of halogens is 1. The Morgan fingerprint density at radius 3 is 0.389 bits per heavy atom. The van der Waals surface area contributed by atoms with Crippen molar-refractivity contribution < 1.29 is 228 Å². The molecule has 0 amide bonds. The van der Waals surface area contributed by atoms with Crippen molar-refractivity contribution in [3.8, 4) is 0 Å². The number of hydrogen-bond donors (Lipinski definition) is 0. The topological polar surface area (TPSA) is 143 Å². The van der Waals surface area contributed by atoms with Gasteiger partial charge in [0.2, 0.25) is 0 Å². The molecule has 0 rings (SSSR count). The Morgan fingerprint density at radius 1 is 0.389 bits per heavy atom. The molecular weight excluding hydrogens is 404 g/mol. The second-order valence-corrected chi connectivity index (χ2v) is 0. The van der Waals surface area contributed by atoms with Crippen molar-refractivity contribution in [3.05, 3.63) is 39.4 Å². The first kappa shape index (κ1) is 95.4. The zero-order valence-corrected chi connectivity index (χ0v) is 24.9. The van der Waals surface area contributed by atoms with Crippen molar-refractivity contribution in [1.29, 1.82) is 31.6 Å². The molecule has 0 bridgehead atoms. The third-order valence-corrected chi connectivity index (χ3v) is 0.